The summed E-state index contributed by atoms with van der Waals surface area (Å²) in [4.78, 5) is 50.2. The second-order valence-corrected chi connectivity index (χ2v) is 11.4. The van der Waals surface area contributed by atoms with Crippen LogP contribution >= 0.6 is 7.75 Å². The predicted octanol–water partition coefficient (Wildman–Crippen LogP) is 1.59. The van der Waals surface area contributed by atoms with Crippen LogP contribution in [-0.4, -0.2) is 69.3 Å². The molecule has 1 fully saturated rings. The molecule has 41 heavy (non-hydrogen) atoms. The Bertz CT molecular complexity index is 1380. The van der Waals surface area contributed by atoms with Crippen molar-refractivity contribution in [2.75, 3.05) is 6.61 Å². The van der Waals surface area contributed by atoms with Gasteiger partial charge >= 0.3 is 25.4 Å². The van der Waals surface area contributed by atoms with Crippen LogP contribution in [0.4, 0.5) is 4.39 Å². The number of aromatic amines is 1. The monoisotopic (exact) mass is 601 g/mol. The Labute approximate surface area is 234 Å². The molecule has 0 spiro atoms. The minimum atomic E-state index is -4.47. The molecule has 226 valence electrons. The summed E-state index contributed by atoms with van der Waals surface area (Å²) in [7, 11) is -4.47. The van der Waals surface area contributed by atoms with Crippen molar-refractivity contribution in [3.8, 4) is 5.75 Å². The fraction of sp³-hybridized carbons (Fsp3) is 0.520. The van der Waals surface area contributed by atoms with Crippen LogP contribution < -0.4 is 20.9 Å². The van der Waals surface area contributed by atoms with Crippen LogP contribution in [0, 0.1) is 0 Å². The van der Waals surface area contributed by atoms with Gasteiger partial charge in [-0.15, -0.1) is 0 Å². The minimum Gasteiger partial charge on any atom is -0.460 e. The molecule has 7 atom stereocenters. The Morgan fingerprint density at radius 2 is 1.80 bits per heavy atom. The van der Waals surface area contributed by atoms with Crippen molar-refractivity contribution in [1.29, 1.82) is 0 Å². The van der Waals surface area contributed by atoms with Crippen LogP contribution in [0.2, 0.25) is 0 Å². The first-order chi connectivity index (χ1) is 19.1. The summed E-state index contributed by atoms with van der Waals surface area (Å²) in [5.41, 5.74) is -4.22. The summed E-state index contributed by atoms with van der Waals surface area (Å²) in [6, 6.07) is 7.41. The maximum absolute atomic E-state index is 15.5. The van der Waals surface area contributed by atoms with E-state index in [-0.39, 0.29) is 5.75 Å². The molecule has 1 aliphatic rings. The Hall–Kier alpha value is -3.36. The van der Waals surface area contributed by atoms with E-state index in [4.69, 9.17) is 23.3 Å². The van der Waals surface area contributed by atoms with E-state index in [2.05, 4.69) is 5.09 Å². The van der Waals surface area contributed by atoms with E-state index in [0.29, 0.717) is 0 Å². The molecule has 16 heteroatoms. The summed E-state index contributed by atoms with van der Waals surface area (Å²) in [6.45, 7) is 6.12. The van der Waals surface area contributed by atoms with E-state index >= 15 is 4.39 Å². The maximum atomic E-state index is 15.5. The van der Waals surface area contributed by atoms with Crippen molar-refractivity contribution in [3.05, 3.63) is 63.4 Å². The first-order valence-corrected chi connectivity index (χ1v) is 14.2. The molecule has 1 aromatic heterocycles. The molecule has 1 aliphatic heterocycles. The van der Waals surface area contributed by atoms with Gasteiger partial charge in [-0.2, -0.15) is 5.09 Å². The van der Waals surface area contributed by atoms with Crippen LogP contribution in [0.5, 0.6) is 5.75 Å². The average molecular weight is 602 g/mol. The van der Waals surface area contributed by atoms with Crippen molar-refractivity contribution in [1.82, 2.24) is 14.6 Å². The third-order valence-electron chi connectivity index (χ3n) is 5.88. The summed E-state index contributed by atoms with van der Waals surface area (Å²) < 4.78 is 56.7. The molecule has 0 aliphatic carbocycles. The minimum absolute atomic E-state index is 0.0821. The number of hydrogen-bond acceptors (Lipinski definition) is 11. The van der Waals surface area contributed by atoms with Crippen LogP contribution in [0.1, 0.15) is 40.8 Å². The predicted molar refractivity (Wildman–Crippen MR) is 141 cm³/mol. The Morgan fingerprint density at radius 3 is 2.41 bits per heavy atom. The van der Waals surface area contributed by atoms with Crippen molar-refractivity contribution in [2.24, 2.45) is 0 Å². The molecule has 0 bridgehead atoms. The number of carbonyl (C=O) groups is 2. The number of hydrogen-bond donors (Lipinski definition) is 3. The average Bonchev–Trinajstić information content (AvgIpc) is 3.11. The number of H-pyrrole nitrogens is 1. The number of halogens is 1. The van der Waals surface area contributed by atoms with Crippen molar-refractivity contribution in [2.45, 2.75) is 77.0 Å². The van der Waals surface area contributed by atoms with E-state index in [1.165, 1.54) is 26.0 Å². The van der Waals surface area contributed by atoms with E-state index in [1.54, 1.807) is 32.0 Å². The lowest BCUT2D eigenvalue weighted by atomic mass is 9.98. The van der Waals surface area contributed by atoms with Gasteiger partial charge < -0.3 is 23.8 Å². The van der Waals surface area contributed by atoms with Gasteiger partial charge in [0, 0.05) is 12.3 Å². The van der Waals surface area contributed by atoms with E-state index in [9.17, 15) is 28.8 Å². The van der Waals surface area contributed by atoms with E-state index in [1.807, 2.05) is 4.98 Å². The van der Waals surface area contributed by atoms with Gasteiger partial charge in [0.25, 0.3) is 5.56 Å². The number of alkyl halides is 1. The lowest BCUT2D eigenvalue weighted by Crippen LogP contribution is -2.44. The van der Waals surface area contributed by atoms with Crippen molar-refractivity contribution in [3.63, 3.8) is 0 Å². The zero-order valence-electron chi connectivity index (χ0n) is 23.0. The van der Waals surface area contributed by atoms with Crippen LogP contribution in [0.25, 0.3) is 0 Å². The van der Waals surface area contributed by atoms with Crippen LogP contribution in [0.15, 0.2) is 52.2 Å². The van der Waals surface area contributed by atoms with Crippen molar-refractivity contribution >= 4 is 19.7 Å². The molecule has 1 unspecified atom stereocenters. The fourth-order valence-corrected chi connectivity index (χ4v) is 5.29. The molecule has 1 aromatic carbocycles. The fourth-order valence-electron chi connectivity index (χ4n) is 3.79. The topological polar surface area (TPSA) is 184 Å². The van der Waals surface area contributed by atoms with Gasteiger partial charge in [-0.25, -0.2) is 18.5 Å². The Balaban J connectivity index is 1.76. The van der Waals surface area contributed by atoms with Gasteiger partial charge in [0.05, 0.1) is 12.7 Å². The normalized spacial score (nSPS) is 25.2. The van der Waals surface area contributed by atoms with E-state index in [0.717, 1.165) is 23.8 Å². The van der Waals surface area contributed by atoms with Crippen LogP contribution in [0.3, 0.4) is 0 Å². The van der Waals surface area contributed by atoms with Gasteiger partial charge in [-0.3, -0.25) is 23.7 Å². The number of carbonyl (C=O) groups excluding carboxylic acids is 2. The SMILES string of the molecule is CC(C)OC(=O)[C@H](C)OC(=O)[C@H](C)NP(=O)(OC[C@H]1O[C@@H](n2ccc(=O)[nH]c2=O)[C@](C)(F)[C@@H]1O)Oc1ccccc1. The van der Waals surface area contributed by atoms with E-state index < -0.39 is 79.9 Å². The summed E-state index contributed by atoms with van der Waals surface area (Å²) in [5.74, 6) is -1.68. The number of benzene rings is 1. The molecular formula is C25H33FN3O11P. The number of para-hydroxylation sites is 1. The molecule has 0 amide bonds. The maximum Gasteiger partial charge on any atom is 0.459 e. The van der Waals surface area contributed by atoms with Gasteiger partial charge in [-0.05, 0) is 46.8 Å². The number of aliphatic hydroxyl groups excluding tert-OH is 1. The largest absolute Gasteiger partial charge is 0.460 e. The molecule has 2 aromatic rings. The first kappa shape index (κ1) is 32.2. The van der Waals surface area contributed by atoms with Gasteiger partial charge in [0.2, 0.25) is 0 Å². The smallest absolute Gasteiger partial charge is 0.459 e. The zero-order chi connectivity index (χ0) is 30.5. The third kappa shape index (κ3) is 8.11. The molecule has 1 saturated heterocycles. The molecule has 2 heterocycles. The van der Waals surface area contributed by atoms with Crippen molar-refractivity contribution < 1.29 is 46.9 Å². The molecule has 14 nitrogen and oxygen atoms in total. The quantitative estimate of drug-likeness (QED) is 0.236. The van der Waals surface area contributed by atoms with Crippen LogP contribution in [-0.2, 0) is 32.9 Å². The lowest BCUT2D eigenvalue weighted by Gasteiger charge is -2.25. The highest BCUT2D eigenvalue weighted by Crippen LogP contribution is 2.47. The number of ether oxygens (including phenoxy) is 3. The highest BCUT2D eigenvalue weighted by Gasteiger charge is 2.56. The summed E-state index contributed by atoms with van der Waals surface area (Å²) in [5, 5.41) is 13.0. The lowest BCUT2D eigenvalue weighted by molar-refractivity contribution is -0.169. The van der Waals surface area contributed by atoms with Gasteiger partial charge in [0.1, 0.15) is 24.0 Å². The molecule has 0 saturated carbocycles. The summed E-state index contributed by atoms with van der Waals surface area (Å²) >= 11 is 0. The van der Waals surface area contributed by atoms with Gasteiger partial charge in [-0.1, -0.05) is 18.2 Å². The number of rotatable bonds is 12. The second kappa shape index (κ2) is 13.1. The highest BCUT2D eigenvalue weighted by atomic mass is 31.2. The molecular weight excluding hydrogens is 568 g/mol. The number of aromatic nitrogens is 2. The Kier molecular flexibility index (Phi) is 10.3. The zero-order valence-corrected chi connectivity index (χ0v) is 23.9. The number of esters is 2. The molecule has 0 radical (unpaired) electrons. The number of aliphatic hydroxyl groups is 1. The second-order valence-electron chi connectivity index (χ2n) is 9.75. The Morgan fingerprint density at radius 1 is 1.15 bits per heavy atom. The number of nitrogens with one attached hydrogen (secondary N) is 2. The highest BCUT2D eigenvalue weighted by molar-refractivity contribution is 7.52. The molecule has 3 rings (SSSR count). The molecule has 3 N–H and O–H groups in total. The van der Waals surface area contributed by atoms with Gasteiger partial charge in [0.15, 0.2) is 18.0 Å². The standard InChI is InChI=1S/C25H33FN3O11P/c1-14(2)37-22(33)16(4)38-21(32)15(3)28-41(35,40-17-9-7-6-8-10-17)36-13-18-20(31)25(5,26)23(39-18)29-12-11-19(30)27-24(29)34/h6-12,14-16,18,20,23,31H,13H2,1-5H3,(H,28,35)(H,27,30,34)/t15-,16-,18+,20+,23+,25+,41?/m0/s1. The number of nitrogens with zero attached hydrogens (tertiary/aromatic N) is 1. The first-order valence-electron chi connectivity index (χ1n) is 12.6. The summed E-state index contributed by atoms with van der Waals surface area (Å²) in [6.07, 6.45) is -5.69. The third-order valence-corrected chi connectivity index (χ3v) is 7.52.